The average Bonchev–Trinajstić information content (AvgIpc) is 2.76. The Morgan fingerprint density at radius 3 is 2.71 bits per heavy atom. The van der Waals surface area contributed by atoms with E-state index >= 15 is 0 Å². The highest BCUT2D eigenvalue weighted by Crippen LogP contribution is 2.21. The Kier molecular flexibility index (Phi) is 2.18. The van der Waals surface area contributed by atoms with Crippen molar-refractivity contribution in [3.05, 3.63) is 48.2 Å². The third-order valence-corrected chi connectivity index (χ3v) is 2.99. The molecular weight excluding hydrogens is 212 g/mol. The van der Waals surface area contributed by atoms with Crippen LogP contribution in [0.3, 0.4) is 0 Å². The monoisotopic (exact) mass is 225 g/mol. The largest absolute Gasteiger partial charge is 0.432 e. The lowest BCUT2D eigenvalue weighted by molar-refractivity contribution is -0.667. The van der Waals surface area contributed by atoms with Gasteiger partial charge in [-0.1, -0.05) is 12.1 Å². The fourth-order valence-corrected chi connectivity index (χ4v) is 1.89. The maximum Gasteiger partial charge on any atom is 0.294 e. The molecule has 3 rings (SSSR count). The topological polar surface area (TPSA) is 29.9 Å². The van der Waals surface area contributed by atoms with E-state index in [1.165, 1.54) is 5.69 Å². The maximum atomic E-state index is 5.76. The smallest absolute Gasteiger partial charge is 0.294 e. The summed E-state index contributed by atoms with van der Waals surface area (Å²) in [6.07, 6.45) is 0. The molecule has 1 aromatic carbocycles. The van der Waals surface area contributed by atoms with Gasteiger partial charge in [-0.3, -0.25) is 0 Å². The van der Waals surface area contributed by atoms with Crippen molar-refractivity contribution in [2.45, 2.75) is 6.92 Å². The van der Waals surface area contributed by atoms with Crippen molar-refractivity contribution in [3.63, 3.8) is 0 Å². The van der Waals surface area contributed by atoms with Crippen LogP contribution in [0.15, 0.2) is 46.9 Å². The summed E-state index contributed by atoms with van der Waals surface area (Å²) in [6.45, 7) is 2.06. The predicted molar refractivity (Wildman–Crippen MR) is 65.4 cm³/mol. The zero-order valence-electron chi connectivity index (χ0n) is 9.84. The number of benzene rings is 1. The number of rotatable bonds is 1. The summed E-state index contributed by atoms with van der Waals surface area (Å²) < 4.78 is 7.83. The van der Waals surface area contributed by atoms with E-state index in [1.54, 1.807) is 0 Å². The van der Waals surface area contributed by atoms with Crippen molar-refractivity contribution in [2.75, 3.05) is 0 Å². The minimum atomic E-state index is 0.664. The van der Waals surface area contributed by atoms with Crippen molar-refractivity contribution in [2.24, 2.45) is 7.05 Å². The Hall–Kier alpha value is -2.16. The van der Waals surface area contributed by atoms with Gasteiger partial charge in [-0.25, -0.2) is 4.98 Å². The first-order valence-corrected chi connectivity index (χ1v) is 5.57. The number of para-hydroxylation sites is 2. The fourth-order valence-electron chi connectivity index (χ4n) is 1.89. The molecule has 0 radical (unpaired) electrons. The van der Waals surface area contributed by atoms with Crippen LogP contribution in [0, 0.1) is 6.92 Å². The van der Waals surface area contributed by atoms with Gasteiger partial charge in [0.1, 0.15) is 12.6 Å². The number of pyridine rings is 1. The van der Waals surface area contributed by atoms with Gasteiger partial charge < -0.3 is 4.42 Å². The van der Waals surface area contributed by atoms with Crippen LogP contribution in [0.2, 0.25) is 0 Å². The number of aryl methyl sites for hydroxylation is 1. The molecule has 3 aromatic rings. The molecule has 0 aliphatic rings. The zero-order valence-corrected chi connectivity index (χ0v) is 9.84. The van der Waals surface area contributed by atoms with Gasteiger partial charge in [-0.2, -0.15) is 4.57 Å². The Balaban J connectivity index is 2.24. The highest BCUT2D eigenvalue weighted by molar-refractivity contribution is 5.74. The Labute approximate surface area is 99.3 Å². The molecule has 84 valence electrons. The summed E-state index contributed by atoms with van der Waals surface area (Å²) in [6, 6.07) is 13.9. The van der Waals surface area contributed by atoms with Gasteiger partial charge in [0.2, 0.25) is 0 Å². The Morgan fingerprint density at radius 1 is 1.06 bits per heavy atom. The molecule has 0 saturated carbocycles. The van der Waals surface area contributed by atoms with Gasteiger partial charge in [0.15, 0.2) is 11.3 Å². The minimum absolute atomic E-state index is 0.664. The van der Waals surface area contributed by atoms with Crippen LogP contribution >= 0.6 is 0 Å². The second kappa shape index (κ2) is 3.70. The van der Waals surface area contributed by atoms with Crippen molar-refractivity contribution >= 4 is 11.1 Å². The number of hydrogen-bond acceptors (Lipinski definition) is 2. The van der Waals surface area contributed by atoms with E-state index in [4.69, 9.17) is 4.42 Å². The standard InChI is InChI=1S/C14H13N2O/c1-10-6-5-8-12(16(10)2)14-15-11-7-3-4-9-13(11)17-14/h3-9H,1-2H3/q+1. The van der Waals surface area contributed by atoms with Gasteiger partial charge in [0.05, 0.1) is 0 Å². The number of nitrogens with zero attached hydrogens (tertiary/aromatic N) is 2. The lowest BCUT2D eigenvalue weighted by Gasteiger charge is -1.97. The molecule has 0 N–H and O–H groups in total. The molecule has 0 aliphatic carbocycles. The van der Waals surface area contributed by atoms with Gasteiger partial charge >= 0.3 is 0 Å². The van der Waals surface area contributed by atoms with Crippen molar-refractivity contribution < 1.29 is 8.98 Å². The Bertz CT molecular complexity index is 653. The number of hydrogen-bond donors (Lipinski definition) is 0. The van der Waals surface area contributed by atoms with Gasteiger partial charge in [0.25, 0.3) is 11.6 Å². The van der Waals surface area contributed by atoms with E-state index in [-0.39, 0.29) is 0 Å². The summed E-state index contributed by atoms with van der Waals surface area (Å²) in [4.78, 5) is 4.50. The van der Waals surface area contributed by atoms with Crippen LogP contribution in [0.25, 0.3) is 22.7 Å². The van der Waals surface area contributed by atoms with Gasteiger partial charge in [0, 0.05) is 19.1 Å². The van der Waals surface area contributed by atoms with Crippen LogP contribution in [-0.4, -0.2) is 4.98 Å². The lowest BCUT2D eigenvalue weighted by Crippen LogP contribution is -2.34. The number of oxazole rings is 1. The predicted octanol–water partition coefficient (Wildman–Crippen LogP) is 2.63. The van der Waals surface area contributed by atoms with Crippen LogP contribution < -0.4 is 4.57 Å². The second-order valence-corrected chi connectivity index (χ2v) is 4.10. The first-order chi connectivity index (χ1) is 8.25. The van der Waals surface area contributed by atoms with E-state index in [2.05, 4.69) is 22.5 Å². The molecule has 2 heterocycles. The number of fused-ring (bicyclic) bond motifs is 1. The average molecular weight is 225 g/mol. The van der Waals surface area contributed by atoms with Crippen molar-refractivity contribution in [1.82, 2.24) is 4.98 Å². The summed E-state index contributed by atoms with van der Waals surface area (Å²) in [5.74, 6) is 0.664. The van der Waals surface area contributed by atoms with E-state index in [1.807, 2.05) is 43.4 Å². The van der Waals surface area contributed by atoms with Crippen LogP contribution in [0.5, 0.6) is 0 Å². The molecule has 3 heteroatoms. The molecule has 0 spiro atoms. The van der Waals surface area contributed by atoms with Crippen molar-refractivity contribution in [1.29, 1.82) is 0 Å². The molecule has 2 aromatic heterocycles. The summed E-state index contributed by atoms with van der Waals surface area (Å²) in [5.41, 5.74) is 3.87. The second-order valence-electron chi connectivity index (χ2n) is 4.10. The first kappa shape index (κ1) is 10.0. The zero-order chi connectivity index (χ0) is 11.8. The molecule has 0 saturated heterocycles. The lowest BCUT2D eigenvalue weighted by atomic mass is 10.3. The summed E-state index contributed by atoms with van der Waals surface area (Å²) in [7, 11) is 2.01. The Morgan fingerprint density at radius 2 is 1.88 bits per heavy atom. The third-order valence-electron chi connectivity index (χ3n) is 2.99. The minimum Gasteiger partial charge on any atom is -0.432 e. The van der Waals surface area contributed by atoms with E-state index in [0.29, 0.717) is 5.89 Å². The maximum absolute atomic E-state index is 5.76. The summed E-state index contributed by atoms with van der Waals surface area (Å²) in [5, 5.41) is 0. The van der Waals surface area contributed by atoms with Crippen LogP contribution in [-0.2, 0) is 7.05 Å². The molecule has 3 nitrogen and oxygen atoms in total. The summed E-state index contributed by atoms with van der Waals surface area (Å²) >= 11 is 0. The molecular formula is C14H13N2O+. The SMILES string of the molecule is Cc1cccc(-c2nc3ccccc3o2)[n+]1C. The van der Waals surface area contributed by atoms with Crippen molar-refractivity contribution in [3.8, 4) is 11.6 Å². The molecule has 0 amide bonds. The van der Waals surface area contributed by atoms with Gasteiger partial charge in [-0.15, -0.1) is 0 Å². The third kappa shape index (κ3) is 1.60. The van der Waals surface area contributed by atoms with E-state index in [0.717, 1.165) is 16.8 Å². The van der Waals surface area contributed by atoms with Gasteiger partial charge in [-0.05, 0) is 18.2 Å². The highest BCUT2D eigenvalue weighted by Gasteiger charge is 2.17. The molecule has 0 atom stereocenters. The molecule has 0 unspecified atom stereocenters. The molecule has 17 heavy (non-hydrogen) atoms. The van der Waals surface area contributed by atoms with E-state index in [9.17, 15) is 0 Å². The van der Waals surface area contributed by atoms with Crippen LogP contribution in [0.1, 0.15) is 5.69 Å². The number of aromatic nitrogens is 2. The highest BCUT2D eigenvalue weighted by atomic mass is 16.3. The molecule has 0 fully saturated rings. The molecule has 0 bridgehead atoms. The molecule has 0 aliphatic heterocycles. The van der Waals surface area contributed by atoms with Crippen LogP contribution in [0.4, 0.5) is 0 Å². The fraction of sp³-hybridized carbons (Fsp3) is 0.143. The van der Waals surface area contributed by atoms with E-state index < -0.39 is 0 Å². The first-order valence-electron chi connectivity index (χ1n) is 5.57. The quantitative estimate of drug-likeness (QED) is 0.596. The normalized spacial score (nSPS) is 10.9.